The molecule has 6 nitrogen and oxygen atoms in total. The summed E-state index contributed by atoms with van der Waals surface area (Å²) in [5.41, 5.74) is 3.20. The molecule has 0 spiro atoms. The van der Waals surface area contributed by atoms with E-state index in [0.29, 0.717) is 22.6 Å². The lowest BCUT2D eigenvalue weighted by atomic mass is 10.1. The average Bonchev–Trinajstić information content (AvgIpc) is 2.72. The first-order chi connectivity index (χ1) is 13.9. The zero-order chi connectivity index (χ0) is 21.0. The number of fused-ring (bicyclic) bond motifs is 1. The van der Waals surface area contributed by atoms with Crippen LogP contribution in [0.4, 0.5) is 0 Å². The van der Waals surface area contributed by atoms with Gasteiger partial charge in [0.1, 0.15) is 0 Å². The minimum atomic E-state index is -0.155. The first kappa shape index (κ1) is 20.6. The van der Waals surface area contributed by atoms with Crippen molar-refractivity contribution in [1.29, 1.82) is 5.26 Å². The third kappa shape index (κ3) is 4.49. The number of carbonyl (C=O) groups is 1. The number of thioether (sulfide) groups is 1. The summed E-state index contributed by atoms with van der Waals surface area (Å²) in [6.07, 6.45) is 0.286. The monoisotopic (exact) mass is 406 g/mol. The maximum absolute atomic E-state index is 13.3. The van der Waals surface area contributed by atoms with E-state index in [9.17, 15) is 9.59 Å². The lowest BCUT2D eigenvalue weighted by Crippen LogP contribution is -2.29. The van der Waals surface area contributed by atoms with Gasteiger partial charge >= 0.3 is 0 Å². The zero-order valence-electron chi connectivity index (χ0n) is 16.7. The van der Waals surface area contributed by atoms with Crippen molar-refractivity contribution in [3.05, 3.63) is 63.9 Å². The number of hydrogen-bond acceptors (Lipinski definition) is 5. The summed E-state index contributed by atoms with van der Waals surface area (Å²) in [5.74, 6) is 0.0255. The second-order valence-electron chi connectivity index (χ2n) is 6.85. The third-order valence-corrected chi connectivity index (χ3v) is 5.58. The molecule has 0 bridgehead atoms. The molecule has 3 aromatic rings. The Kier molecular flexibility index (Phi) is 6.35. The van der Waals surface area contributed by atoms with E-state index in [2.05, 4.69) is 4.98 Å². The van der Waals surface area contributed by atoms with Gasteiger partial charge in [-0.1, -0.05) is 36.0 Å². The lowest BCUT2D eigenvalue weighted by molar-refractivity contribution is -0.127. The molecular formula is C22H22N4O2S. The van der Waals surface area contributed by atoms with Gasteiger partial charge in [0.05, 0.1) is 34.8 Å². The second-order valence-corrected chi connectivity index (χ2v) is 7.80. The highest BCUT2D eigenvalue weighted by molar-refractivity contribution is 7.99. The molecular weight excluding hydrogens is 384 g/mol. The highest BCUT2D eigenvalue weighted by Gasteiger charge is 2.17. The molecule has 2 aromatic carbocycles. The van der Waals surface area contributed by atoms with Crippen LogP contribution in [0.25, 0.3) is 16.6 Å². The molecule has 0 aliphatic rings. The molecule has 1 heterocycles. The molecule has 0 N–H and O–H groups in total. The molecule has 0 unspecified atom stereocenters. The Morgan fingerprint density at radius 1 is 1.24 bits per heavy atom. The Morgan fingerprint density at radius 2 is 2.00 bits per heavy atom. The van der Waals surface area contributed by atoms with E-state index in [1.165, 1.54) is 16.7 Å². The van der Waals surface area contributed by atoms with Crippen molar-refractivity contribution in [2.45, 2.75) is 25.4 Å². The van der Waals surface area contributed by atoms with Gasteiger partial charge in [-0.2, -0.15) is 5.26 Å². The number of carbonyl (C=O) groups excluding carboxylic acids is 1. The number of amides is 1. The molecule has 0 aliphatic carbocycles. The Hall–Kier alpha value is -3.11. The molecule has 7 heteroatoms. The molecule has 29 heavy (non-hydrogen) atoms. The number of benzene rings is 2. The maximum Gasteiger partial charge on any atom is 0.266 e. The summed E-state index contributed by atoms with van der Waals surface area (Å²) in [6.45, 7) is 4.31. The molecule has 0 saturated carbocycles. The highest BCUT2D eigenvalue weighted by atomic mass is 32.2. The minimum Gasteiger partial charge on any atom is -0.344 e. The van der Waals surface area contributed by atoms with Gasteiger partial charge < -0.3 is 4.90 Å². The molecule has 0 radical (unpaired) electrons. The third-order valence-electron chi connectivity index (χ3n) is 4.66. The predicted octanol–water partition coefficient (Wildman–Crippen LogP) is 3.47. The van der Waals surface area contributed by atoms with Crippen molar-refractivity contribution in [1.82, 2.24) is 14.5 Å². The fourth-order valence-corrected chi connectivity index (χ4v) is 3.91. The van der Waals surface area contributed by atoms with E-state index in [1.807, 2.05) is 50.2 Å². The summed E-state index contributed by atoms with van der Waals surface area (Å²) in [7, 11) is 1.67. The number of rotatable bonds is 6. The van der Waals surface area contributed by atoms with Crippen molar-refractivity contribution in [3.63, 3.8) is 0 Å². The summed E-state index contributed by atoms with van der Waals surface area (Å²) < 4.78 is 1.60. The van der Waals surface area contributed by atoms with Crippen LogP contribution in [-0.2, 0) is 4.79 Å². The Balaban J connectivity index is 2.06. The van der Waals surface area contributed by atoms with Gasteiger partial charge in [0.15, 0.2) is 5.16 Å². The fraction of sp³-hybridized carbons (Fsp3) is 0.273. The first-order valence-electron chi connectivity index (χ1n) is 9.25. The molecule has 148 valence electrons. The molecule has 3 rings (SSSR count). The minimum absolute atomic E-state index is 0.111. The van der Waals surface area contributed by atoms with Crippen LogP contribution >= 0.6 is 11.8 Å². The molecule has 1 amide bonds. The topological polar surface area (TPSA) is 79.0 Å². The zero-order valence-corrected chi connectivity index (χ0v) is 17.5. The lowest BCUT2D eigenvalue weighted by Gasteiger charge is -2.18. The van der Waals surface area contributed by atoms with Crippen LogP contribution in [-0.4, -0.2) is 39.7 Å². The van der Waals surface area contributed by atoms with Gasteiger partial charge in [-0.15, -0.1) is 0 Å². The molecule has 0 fully saturated rings. The largest absolute Gasteiger partial charge is 0.344 e. The van der Waals surface area contributed by atoms with Crippen LogP contribution in [0.5, 0.6) is 0 Å². The molecule has 1 aromatic heterocycles. The number of hydrogen-bond donors (Lipinski definition) is 0. The van der Waals surface area contributed by atoms with Crippen LogP contribution in [0.15, 0.2) is 52.4 Å². The number of aromatic nitrogens is 2. The summed E-state index contributed by atoms with van der Waals surface area (Å²) in [6, 6.07) is 15.2. The van der Waals surface area contributed by atoms with Gasteiger partial charge in [-0.05, 0) is 43.2 Å². The average molecular weight is 407 g/mol. The number of nitrogens with zero attached hydrogens (tertiary/aromatic N) is 4. The van der Waals surface area contributed by atoms with Gasteiger partial charge in [-0.3, -0.25) is 14.2 Å². The molecule has 0 saturated heterocycles. The van der Waals surface area contributed by atoms with Gasteiger partial charge in [0.25, 0.3) is 5.56 Å². The van der Waals surface area contributed by atoms with E-state index < -0.39 is 0 Å². The van der Waals surface area contributed by atoms with E-state index in [-0.39, 0.29) is 23.6 Å². The van der Waals surface area contributed by atoms with Crippen molar-refractivity contribution in [3.8, 4) is 11.8 Å². The number of aryl methyl sites for hydroxylation is 2. The Bertz CT molecular complexity index is 1160. The number of nitriles is 1. The standard InChI is InChI=1S/C22H22N4O2S/c1-15-9-10-16(2)19(13-15)26-21(28)17-7-4-5-8-18(17)24-22(26)29-14-20(27)25(3)12-6-11-23/h4-5,7-10,13H,6,12,14H2,1-3H3. The van der Waals surface area contributed by atoms with E-state index >= 15 is 0 Å². The van der Waals surface area contributed by atoms with Crippen LogP contribution < -0.4 is 5.56 Å². The summed E-state index contributed by atoms with van der Waals surface area (Å²) >= 11 is 1.23. The SMILES string of the molecule is Cc1ccc(C)c(-n2c(SCC(=O)N(C)CCC#N)nc3ccccc3c2=O)c1. The second kappa shape index (κ2) is 8.93. The summed E-state index contributed by atoms with van der Waals surface area (Å²) in [4.78, 5) is 31.9. The van der Waals surface area contributed by atoms with E-state index in [0.717, 1.165) is 16.8 Å². The quantitative estimate of drug-likeness (QED) is 0.463. The van der Waals surface area contributed by atoms with Crippen molar-refractivity contribution in [2.24, 2.45) is 0 Å². The van der Waals surface area contributed by atoms with Crippen LogP contribution in [0.3, 0.4) is 0 Å². The van der Waals surface area contributed by atoms with Crippen molar-refractivity contribution < 1.29 is 4.79 Å². The predicted molar refractivity (Wildman–Crippen MR) is 115 cm³/mol. The Morgan fingerprint density at radius 3 is 2.76 bits per heavy atom. The van der Waals surface area contributed by atoms with Gasteiger partial charge in [-0.25, -0.2) is 4.98 Å². The van der Waals surface area contributed by atoms with Crippen LogP contribution in [0, 0.1) is 25.2 Å². The van der Waals surface area contributed by atoms with Crippen molar-refractivity contribution >= 4 is 28.6 Å². The van der Waals surface area contributed by atoms with Crippen molar-refractivity contribution in [2.75, 3.05) is 19.3 Å². The van der Waals surface area contributed by atoms with Crippen LogP contribution in [0.1, 0.15) is 17.5 Å². The molecule has 0 aliphatic heterocycles. The maximum atomic E-state index is 13.3. The highest BCUT2D eigenvalue weighted by Crippen LogP contribution is 2.24. The van der Waals surface area contributed by atoms with E-state index in [4.69, 9.17) is 5.26 Å². The summed E-state index contributed by atoms with van der Waals surface area (Å²) in [5, 5.41) is 9.72. The number of para-hydroxylation sites is 1. The fourth-order valence-electron chi connectivity index (χ4n) is 2.96. The smallest absolute Gasteiger partial charge is 0.266 e. The van der Waals surface area contributed by atoms with Crippen LogP contribution in [0.2, 0.25) is 0 Å². The van der Waals surface area contributed by atoms with E-state index in [1.54, 1.807) is 23.7 Å². The normalized spacial score (nSPS) is 10.7. The Labute approximate surface area is 173 Å². The van der Waals surface area contributed by atoms with Gasteiger partial charge in [0.2, 0.25) is 5.91 Å². The molecule has 0 atom stereocenters. The van der Waals surface area contributed by atoms with Gasteiger partial charge in [0, 0.05) is 13.6 Å². The first-order valence-corrected chi connectivity index (χ1v) is 10.2.